The van der Waals surface area contributed by atoms with Gasteiger partial charge in [0.2, 0.25) is 0 Å². The Bertz CT molecular complexity index is 2350. The minimum atomic E-state index is 1.10. The van der Waals surface area contributed by atoms with Crippen molar-refractivity contribution in [1.82, 2.24) is 0 Å². The molecule has 0 amide bonds. The summed E-state index contributed by atoms with van der Waals surface area (Å²) in [5.74, 6) is 0. The largest absolute Gasteiger partial charge is 0.0984 e. The van der Waals surface area contributed by atoms with Crippen molar-refractivity contribution in [2.24, 2.45) is 0 Å². The highest BCUT2D eigenvalue weighted by Crippen LogP contribution is 2.39. The molecular formula is C50H42. The summed E-state index contributed by atoms with van der Waals surface area (Å²) in [6.07, 6.45) is 11.0. The molecule has 0 N–H and O–H groups in total. The second-order valence-electron chi connectivity index (χ2n) is 13.5. The van der Waals surface area contributed by atoms with Gasteiger partial charge in [0.15, 0.2) is 0 Å². The zero-order chi connectivity index (χ0) is 33.9. The number of rotatable bonds is 11. The van der Waals surface area contributed by atoms with E-state index in [0.717, 1.165) is 12.8 Å². The van der Waals surface area contributed by atoms with Crippen LogP contribution in [-0.2, 0) is 12.8 Å². The molecule has 242 valence electrons. The molecule has 0 bridgehead atoms. The van der Waals surface area contributed by atoms with Crippen molar-refractivity contribution in [3.8, 4) is 22.3 Å². The zero-order valence-corrected chi connectivity index (χ0v) is 28.7. The number of hydrogen-bond acceptors (Lipinski definition) is 0. The summed E-state index contributed by atoms with van der Waals surface area (Å²) in [4.78, 5) is 0. The quantitative estimate of drug-likeness (QED) is 0.123. The maximum Gasteiger partial charge on any atom is -0.00987 e. The molecule has 0 aromatic heterocycles. The Morgan fingerprint density at radius 3 is 0.960 bits per heavy atom. The molecule has 0 unspecified atom stereocenters. The molecule has 0 radical (unpaired) electrons. The lowest BCUT2D eigenvalue weighted by Gasteiger charge is -2.15. The summed E-state index contributed by atoms with van der Waals surface area (Å²) in [5, 5.41) is 10.5. The first-order valence-electron chi connectivity index (χ1n) is 18.1. The van der Waals surface area contributed by atoms with Crippen LogP contribution in [0.25, 0.3) is 77.5 Å². The molecule has 0 saturated carbocycles. The fraction of sp³-hybridized carbons (Fsp3) is 0.120. The average molecular weight is 643 g/mol. The molecule has 0 aliphatic heterocycles. The summed E-state index contributed by atoms with van der Waals surface area (Å²) in [6, 6.07) is 53.7. The maximum absolute atomic E-state index is 4.04. The molecule has 0 fully saturated rings. The molecule has 0 spiro atoms. The lowest BCUT2D eigenvalue weighted by Crippen LogP contribution is -1.93. The van der Waals surface area contributed by atoms with Crippen molar-refractivity contribution in [1.29, 1.82) is 0 Å². The van der Waals surface area contributed by atoms with Crippen LogP contribution in [-0.4, -0.2) is 0 Å². The molecule has 8 aromatic carbocycles. The Kier molecular flexibility index (Phi) is 8.85. The lowest BCUT2D eigenvalue weighted by molar-refractivity contribution is 0.642. The highest BCUT2D eigenvalue weighted by molar-refractivity contribution is 6.09. The fourth-order valence-electron chi connectivity index (χ4n) is 8.08. The Labute approximate surface area is 296 Å². The minimum Gasteiger partial charge on any atom is -0.0984 e. The van der Waals surface area contributed by atoms with Gasteiger partial charge in [-0.3, -0.25) is 0 Å². The SMILES string of the molecule is C=Cc1ccc(-c2ccc(CCCCCCc3ccc(-c4ccc(C=C)c5ccccc45)c4ccccc34)c3ccccc23)c2ccccc12. The van der Waals surface area contributed by atoms with Crippen molar-refractivity contribution < 1.29 is 0 Å². The monoisotopic (exact) mass is 642 g/mol. The first-order chi connectivity index (χ1) is 24.7. The van der Waals surface area contributed by atoms with Gasteiger partial charge in [0.25, 0.3) is 0 Å². The van der Waals surface area contributed by atoms with Crippen LogP contribution in [0.2, 0.25) is 0 Å². The van der Waals surface area contributed by atoms with Crippen LogP contribution >= 0.6 is 0 Å². The van der Waals surface area contributed by atoms with E-state index in [1.807, 2.05) is 12.2 Å². The van der Waals surface area contributed by atoms with Gasteiger partial charge >= 0.3 is 0 Å². The van der Waals surface area contributed by atoms with E-state index in [1.165, 1.54) is 113 Å². The third kappa shape index (κ3) is 5.82. The summed E-state index contributed by atoms with van der Waals surface area (Å²) in [6.45, 7) is 8.09. The molecule has 8 rings (SSSR count). The first kappa shape index (κ1) is 31.5. The summed E-state index contributed by atoms with van der Waals surface area (Å²) in [5.41, 5.74) is 10.4. The van der Waals surface area contributed by atoms with Gasteiger partial charge in [-0.1, -0.05) is 184 Å². The summed E-state index contributed by atoms with van der Waals surface area (Å²) < 4.78 is 0. The van der Waals surface area contributed by atoms with Crippen LogP contribution in [0, 0.1) is 0 Å². The molecule has 0 saturated heterocycles. The van der Waals surface area contributed by atoms with Crippen molar-refractivity contribution in [3.05, 3.63) is 181 Å². The van der Waals surface area contributed by atoms with Crippen LogP contribution in [0.15, 0.2) is 159 Å². The second-order valence-corrected chi connectivity index (χ2v) is 13.5. The smallest absolute Gasteiger partial charge is 0.00987 e. The Balaban J connectivity index is 0.964. The highest BCUT2D eigenvalue weighted by Gasteiger charge is 2.13. The lowest BCUT2D eigenvalue weighted by atomic mass is 9.89. The molecule has 50 heavy (non-hydrogen) atoms. The summed E-state index contributed by atoms with van der Waals surface area (Å²) >= 11 is 0. The van der Waals surface area contributed by atoms with E-state index < -0.39 is 0 Å². The average Bonchev–Trinajstić information content (AvgIpc) is 3.18. The van der Waals surface area contributed by atoms with Gasteiger partial charge < -0.3 is 0 Å². The maximum atomic E-state index is 4.04. The van der Waals surface area contributed by atoms with Crippen LogP contribution in [0.4, 0.5) is 0 Å². The molecule has 0 heterocycles. The topological polar surface area (TPSA) is 0 Å². The minimum absolute atomic E-state index is 1.10. The van der Waals surface area contributed by atoms with E-state index in [9.17, 15) is 0 Å². The van der Waals surface area contributed by atoms with Crippen molar-refractivity contribution in [2.75, 3.05) is 0 Å². The molecule has 0 nitrogen and oxygen atoms in total. The van der Waals surface area contributed by atoms with E-state index in [1.54, 1.807) is 0 Å². The van der Waals surface area contributed by atoms with Gasteiger partial charge in [-0.15, -0.1) is 0 Å². The van der Waals surface area contributed by atoms with Crippen molar-refractivity contribution in [2.45, 2.75) is 38.5 Å². The van der Waals surface area contributed by atoms with Crippen LogP contribution in [0.3, 0.4) is 0 Å². The Morgan fingerprint density at radius 2 is 0.600 bits per heavy atom. The van der Waals surface area contributed by atoms with Gasteiger partial charge in [0.1, 0.15) is 0 Å². The van der Waals surface area contributed by atoms with Crippen LogP contribution in [0.5, 0.6) is 0 Å². The third-order valence-electron chi connectivity index (χ3n) is 10.6. The molecular weight excluding hydrogens is 601 g/mol. The molecule has 0 heteroatoms. The number of benzene rings is 8. The molecule has 0 atom stereocenters. The van der Waals surface area contributed by atoms with E-state index in [-0.39, 0.29) is 0 Å². The predicted octanol–water partition coefficient (Wildman–Crippen LogP) is 14.3. The van der Waals surface area contributed by atoms with Gasteiger partial charge in [-0.2, -0.15) is 0 Å². The Morgan fingerprint density at radius 1 is 0.300 bits per heavy atom. The van der Waals surface area contributed by atoms with Crippen LogP contribution in [0.1, 0.15) is 47.9 Å². The molecule has 8 aromatic rings. The normalized spacial score (nSPS) is 11.4. The summed E-state index contributed by atoms with van der Waals surface area (Å²) in [7, 11) is 0. The van der Waals surface area contributed by atoms with E-state index in [2.05, 4.69) is 159 Å². The molecule has 0 aliphatic carbocycles. The van der Waals surface area contributed by atoms with Gasteiger partial charge in [0, 0.05) is 0 Å². The second kappa shape index (κ2) is 14.0. The van der Waals surface area contributed by atoms with Crippen LogP contribution < -0.4 is 0 Å². The number of unbranched alkanes of at least 4 members (excludes halogenated alkanes) is 3. The van der Waals surface area contributed by atoms with E-state index >= 15 is 0 Å². The van der Waals surface area contributed by atoms with Gasteiger partial charge in [0.05, 0.1) is 0 Å². The number of fused-ring (bicyclic) bond motifs is 4. The van der Waals surface area contributed by atoms with Crippen molar-refractivity contribution in [3.63, 3.8) is 0 Å². The van der Waals surface area contributed by atoms with Gasteiger partial charge in [-0.25, -0.2) is 0 Å². The predicted molar refractivity (Wildman–Crippen MR) is 220 cm³/mol. The zero-order valence-electron chi connectivity index (χ0n) is 28.7. The van der Waals surface area contributed by atoms with E-state index in [0.29, 0.717) is 0 Å². The number of aryl methyl sites for hydroxylation is 2. The van der Waals surface area contributed by atoms with E-state index in [4.69, 9.17) is 0 Å². The number of hydrogen-bond donors (Lipinski definition) is 0. The third-order valence-corrected chi connectivity index (χ3v) is 10.6. The highest BCUT2D eigenvalue weighted by atomic mass is 14.2. The van der Waals surface area contributed by atoms with Crippen molar-refractivity contribution >= 4 is 55.2 Å². The fourth-order valence-corrected chi connectivity index (χ4v) is 8.08. The first-order valence-corrected chi connectivity index (χ1v) is 18.1. The molecule has 0 aliphatic rings. The Hall–Kier alpha value is -5.72. The van der Waals surface area contributed by atoms with Gasteiger partial charge in [-0.05, 0) is 113 Å². The standard InChI is InChI=1S/C50H42/c1-3-35-27-31-47(43-23-13-9-19-39(35)43)49-33-29-37(41-21-11-15-25-45(41)49)17-7-5-6-8-18-38-30-34-50(46-26-16-12-22-42(38)46)48-32-28-36(4-2)40-20-10-14-24-44(40)48/h3-4,9-16,19-34H,1-2,5-8,17-18H2.